The van der Waals surface area contributed by atoms with Crippen molar-refractivity contribution in [2.45, 2.75) is 25.5 Å². The summed E-state index contributed by atoms with van der Waals surface area (Å²) >= 11 is 5.88. The highest BCUT2D eigenvalue weighted by atomic mass is 35.5. The maximum absolute atomic E-state index is 12.8. The second-order valence-corrected chi connectivity index (χ2v) is 6.92. The van der Waals surface area contributed by atoms with Gasteiger partial charge >= 0.3 is 0 Å². The molecular weight excluding hydrogens is 377 g/mol. The van der Waals surface area contributed by atoms with E-state index in [2.05, 4.69) is 5.32 Å². The molecule has 2 heterocycles. The molecule has 1 N–H and O–H groups in total. The van der Waals surface area contributed by atoms with Crippen LogP contribution in [0.5, 0.6) is 0 Å². The molecule has 2 amide bonds. The molecule has 2 saturated heterocycles. The number of rotatable bonds is 2. The quantitative estimate of drug-likeness (QED) is 0.820. The molecule has 0 spiro atoms. The maximum Gasteiger partial charge on any atom is 0.253 e. The second-order valence-electron chi connectivity index (χ2n) is 6.49. The molecule has 26 heavy (non-hydrogen) atoms. The van der Waals surface area contributed by atoms with Crippen LogP contribution in [0, 0.1) is 0 Å². The summed E-state index contributed by atoms with van der Waals surface area (Å²) in [6, 6.07) is 6.62. The Labute approximate surface area is 165 Å². The molecule has 2 aliphatic rings. The van der Waals surface area contributed by atoms with Crippen LogP contribution >= 0.6 is 24.0 Å². The van der Waals surface area contributed by atoms with E-state index in [9.17, 15) is 9.59 Å². The van der Waals surface area contributed by atoms with E-state index in [1.54, 1.807) is 24.3 Å². The number of nitrogens with one attached hydrogen (secondary N) is 1. The van der Waals surface area contributed by atoms with Gasteiger partial charge in [-0.3, -0.25) is 9.59 Å². The van der Waals surface area contributed by atoms with Gasteiger partial charge in [0.25, 0.3) is 5.91 Å². The molecule has 2 fully saturated rings. The molecule has 0 bridgehead atoms. The standard InChI is InChI=1S/C18H24ClN3O3.ClH/c1-13-16(20-7-12-25-13)18(24)22-9-2-8-21(10-11-22)17(23)14-3-5-15(19)6-4-14;/h3-6,13,16,20H,2,7-12H2,1H3;1H/t13-,16+;/m1./s1. The lowest BCUT2D eigenvalue weighted by atomic mass is 10.1. The van der Waals surface area contributed by atoms with E-state index in [1.165, 1.54) is 0 Å². The summed E-state index contributed by atoms with van der Waals surface area (Å²) in [5.74, 6) is 0.0476. The molecule has 0 aliphatic carbocycles. The van der Waals surface area contributed by atoms with E-state index in [1.807, 2.05) is 16.7 Å². The van der Waals surface area contributed by atoms with Crippen molar-refractivity contribution >= 4 is 35.8 Å². The van der Waals surface area contributed by atoms with E-state index >= 15 is 0 Å². The Hall–Kier alpha value is -1.34. The van der Waals surface area contributed by atoms with Crippen molar-refractivity contribution in [2.75, 3.05) is 39.3 Å². The minimum absolute atomic E-state index is 0. The second kappa shape index (κ2) is 9.55. The van der Waals surface area contributed by atoms with Crippen molar-refractivity contribution in [1.82, 2.24) is 15.1 Å². The van der Waals surface area contributed by atoms with Crippen molar-refractivity contribution in [3.05, 3.63) is 34.9 Å². The van der Waals surface area contributed by atoms with Crippen molar-refractivity contribution in [2.24, 2.45) is 0 Å². The highest BCUT2D eigenvalue weighted by Crippen LogP contribution is 2.15. The largest absolute Gasteiger partial charge is 0.375 e. The molecule has 2 aliphatic heterocycles. The van der Waals surface area contributed by atoms with Gasteiger partial charge in [-0.15, -0.1) is 12.4 Å². The van der Waals surface area contributed by atoms with Crippen LogP contribution in [0.25, 0.3) is 0 Å². The number of nitrogens with zero attached hydrogens (tertiary/aromatic N) is 2. The lowest BCUT2D eigenvalue weighted by Gasteiger charge is -2.33. The van der Waals surface area contributed by atoms with E-state index in [0.717, 1.165) is 6.42 Å². The predicted octanol–water partition coefficient (Wildman–Crippen LogP) is 1.81. The fraction of sp³-hybridized carbons (Fsp3) is 0.556. The Morgan fingerprint density at radius 3 is 2.46 bits per heavy atom. The van der Waals surface area contributed by atoms with E-state index in [4.69, 9.17) is 16.3 Å². The smallest absolute Gasteiger partial charge is 0.253 e. The maximum atomic E-state index is 12.8. The average molecular weight is 402 g/mol. The summed E-state index contributed by atoms with van der Waals surface area (Å²) in [5, 5.41) is 3.85. The number of carbonyl (C=O) groups excluding carboxylic acids is 2. The number of halogens is 2. The third kappa shape index (κ3) is 4.88. The minimum atomic E-state index is -0.299. The molecule has 0 radical (unpaired) electrons. The van der Waals surface area contributed by atoms with Crippen LogP contribution < -0.4 is 5.32 Å². The zero-order valence-electron chi connectivity index (χ0n) is 14.8. The van der Waals surface area contributed by atoms with Crippen LogP contribution in [-0.4, -0.2) is 73.1 Å². The first-order valence-electron chi connectivity index (χ1n) is 8.75. The first-order chi connectivity index (χ1) is 12.1. The van der Waals surface area contributed by atoms with Crippen molar-refractivity contribution < 1.29 is 14.3 Å². The number of ether oxygens (including phenoxy) is 1. The monoisotopic (exact) mass is 401 g/mol. The van der Waals surface area contributed by atoms with Gasteiger partial charge in [-0.05, 0) is 37.6 Å². The topological polar surface area (TPSA) is 61.9 Å². The Balaban J connectivity index is 0.00000243. The third-order valence-corrected chi connectivity index (χ3v) is 5.02. The normalized spacial score (nSPS) is 23.8. The lowest BCUT2D eigenvalue weighted by molar-refractivity contribution is -0.139. The van der Waals surface area contributed by atoms with Gasteiger partial charge in [-0.25, -0.2) is 0 Å². The van der Waals surface area contributed by atoms with Gasteiger partial charge in [-0.1, -0.05) is 11.6 Å². The van der Waals surface area contributed by atoms with Crippen molar-refractivity contribution in [1.29, 1.82) is 0 Å². The van der Waals surface area contributed by atoms with Gasteiger partial charge in [0.2, 0.25) is 5.91 Å². The first-order valence-corrected chi connectivity index (χ1v) is 9.12. The highest BCUT2D eigenvalue weighted by Gasteiger charge is 2.33. The number of carbonyl (C=O) groups is 2. The zero-order valence-corrected chi connectivity index (χ0v) is 16.4. The Bertz CT molecular complexity index is 627. The van der Waals surface area contributed by atoms with Crippen molar-refractivity contribution in [3.63, 3.8) is 0 Å². The summed E-state index contributed by atoms with van der Waals surface area (Å²) < 4.78 is 5.58. The summed E-state index contributed by atoms with van der Waals surface area (Å²) in [7, 11) is 0. The first kappa shape index (κ1) is 21.0. The Kier molecular flexibility index (Phi) is 7.70. The molecule has 6 nitrogen and oxygen atoms in total. The molecule has 144 valence electrons. The van der Waals surface area contributed by atoms with E-state index < -0.39 is 0 Å². The highest BCUT2D eigenvalue weighted by molar-refractivity contribution is 6.30. The molecule has 0 aromatic heterocycles. The summed E-state index contributed by atoms with van der Waals surface area (Å²) in [4.78, 5) is 29.1. The molecule has 3 rings (SSSR count). The number of hydrogen-bond donors (Lipinski definition) is 1. The number of amides is 2. The summed E-state index contributed by atoms with van der Waals surface area (Å²) in [6.07, 6.45) is 0.642. The van der Waals surface area contributed by atoms with Crippen molar-refractivity contribution in [3.8, 4) is 0 Å². The molecular formula is C18H25Cl2N3O3. The fourth-order valence-electron chi connectivity index (χ4n) is 3.32. The minimum Gasteiger partial charge on any atom is -0.375 e. The van der Waals surface area contributed by atoms with Gasteiger partial charge in [-0.2, -0.15) is 0 Å². The molecule has 1 aromatic rings. The summed E-state index contributed by atoms with van der Waals surface area (Å²) in [5.41, 5.74) is 0.625. The Morgan fingerprint density at radius 1 is 1.12 bits per heavy atom. The zero-order chi connectivity index (χ0) is 17.8. The predicted molar refractivity (Wildman–Crippen MR) is 103 cm³/mol. The number of hydrogen-bond acceptors (Lipinski definition) is 4. The molecule has 2 atom stereocenters. The summed E-state index contributed by atoms with van der Waals surface area (Å²) in [6.45, 7) is 5.63. The van der Waals surface area contributed by atoms with Crippen LogP contribution in [0.3, 0.4) is 0 Å². The van der Waals surface area contributed by atoms with Crippen LogP contribution in [-0.2, 0) is 9.53 Å². The molecule has 0 saturated carbocycles. The van der Waals surface area contributed by atoms with Crippen LogP contribution in [0.2, 0.25) is 5.02 Å². The third-order valence-electron chi connectivity index (χ3n) is 4.77. The average Bonchev–Trinajstić information content (AvgIpc) is 2.88. The van der Waals surface area contributed by atoms with E-state index in [-0.39, 0.29) is 36.4 Å². The van der Waals surface area contributed by atoms with Gasteiger partial charge < -0.3 is 19.9 Å². The van der Waals surface area contributed by atoms with Crippen LogP contribution in [0.1, 0.15) is 23.7 Å². The number of morpholine rings is 1. The van der Waals surface area contributed by atoms with Gasteiger partial charge in [0.1, 0.15) is 6.04 Å². The van der Waals surface area contributed by atoms with Gasteiger partial charge in [0.05, 0.1) is 12.7 Å². The van der Waals surface area contributed by atoms with Crippen LogP contribution in [0.4, 0.5) is 0 Å². The Morgan fingerprint density at radius 2 is 1.77 bits per heavy atom. The SMILES string of the molecule is C[C@H]1OCCN[C@@H]1C(=O)N1CCCN(C(=O)c2ccc(Cl)cc2)CC1.Cl. The van der Waals surface area contributed by atoms with E-state index in [0.29, 0.717) is 49.9 Å². The van der Waals surface area contributed by atoms with Gasteiger partial charge in [0, 0.05) is 43.3 Å². The molecule has 0 unspecified atom stereocenters. The molecule has 8 heteroatoms. The molecule has 1 aromatic carbocycles. The van der Waals surface area contributed by atoms with Gasteiger partial charge in [0.15, 0.2) is 0 Å². The fourth-order valence-corrected chi connectivity index (χ4v) is 3.45. The number of benzene rings is 1. The lowest BCUT2D eigenvalue weighted by Crippen LogP contribution is -2.56. The van der Waals surface area contributed by atoms with Crippen LogP contribution in [0.15, 0.2) is 24.3 Å².